The van der Waals surface area contributed by atoms with Crippen molar-refractivity contribution < 1.29 is 14.3 Å². The summed E-state index contributed by atoms with van der Waals surface area (Å²) in [6.45, 7) is 1.88. The summed E-state index contributed by atoms with van der Waals surface area (Å²) in [5, 5.41) is 4.14. The van der Waals surface area contributed by atoms with Crippen LogP contribution in [-0.2, 0) is 11.3 Å². The molecule has 2 heterocycles. The van der Waals surface area contributed by atoms with E-state index in [1.165, 1.54) is 11.1 Å². The average molecular weight is 329 g/mol. The van der Waals surface area contributed by atoms with Gasteiger partial charge in [0.1, 0.15) is 13.2 Å². The second-order valence-electron chi connectivity index (χ2n) is 6.18. The van der Waals surface area contributed by atoms with Gasteiger partial charge in [0.2, 0.25) is 5.91 Å². The minimum Gasteiger partial charge on any atom is -0.486 e. The molecule has 1 saturated carbocycles. The Labute approximate surface area is 139 Å². The topological polar surface area (TPSA) is 38.8 Å². The van der Waals surface area contributed by atoms with Crippen LogP contribution < -0.4 is 9.47 Å². The molecule has 4 nitrogen and oxygen atoms in total. The normalized spacial score (nSPS) is 21.8. The van der Waals surface area contributed by atoms with E-state index in [2.05, 4.69) is 17.5 Å². The van der Waals surface area contributed by atoms with Gasteiger partial charge in [-0.25, -0.2) is 0 Å². The van der Waals surface area contributed by atoms with Gasteiger partial charge in [-0.05, 0) is 52.4 Å². The van der Waals surface area contributed by atoms with Crippen LogP contribution in [0.1, 0.15) is 23.5 Å². The lowest BCUT2D eigenvalue weighted by atomic mass is 10.1. The third-order valence-corrected chi connectivity index (χ3v) is 5.21. The Morgan fingerprint density at radius 1 is 1.26 bits per heavy atom. The van der Waals surface area contributed by atoms with Gasteiger partial charge in [0.15, 0.2) is 11.5 Å². The molecule has 1 aliphatic carbocycles. The van der Waals surface area contributed by atoms with Crippen molar-refractivity contribution in [1.82, 2.24) is 4.90 Å². The highest BCUT2D eigenvalue weighted by molar-refractivity contribution is 7.07. The Hall–Kier alpha value is -2.01. The number of hydrogen-bond acceptors (Lipinski definition) is 4. The van der Waals surface area contributed by atoms with E-state index >= 15 is 0 Å². The molecule has 4 rings (SSSR count). The molecular weight excluding hydrogens is 310 g/mol. The number of carbonyl (C=O) groups is 1. The van der Waals surface area contributed by atoms with Crippen molar-refractivity contribution in [2.75, 3.05) is 20.3 Å². The molecule has 0 radical (unpaired) electrons. The van der Waals surface area contributed by atoms with E-state index in [9.17, 15) is 4.79 Å². The molecular formula is C18H19NO3S. The summed E-state index contributed by atoms with van der Waals surface area (Å²) in [7, 11) is 1.89. The number of ether oxygens (including phenoxy) is 2. The summed E-state index contributed by atoms with van der Waals surface area (Å²) in [5.74, 6) is 2.25. The van der Waals surface area contributed by atoms with Crippen LogP contribution in [0, 0.1) is 5.92 Å². The van der Waals surface area contributed by atoms with Gasteiger partial charge in [-0.15, -0.1) is 0 Å². The molecule has 1 amide bonds. The van der Waals surface area contributed by atoms with E-state index in [0.717, 1.165) is 17.9 Å². The summed E-state index contributed by atoms with van der Waals surface area (Å²) in [5.41, 5.74) is 2.37. The smallest absolute Gasteiger partial charge is 0.226 e. The molecule has 1 aromatic heterocycles. The van der Waals surface area contributed by atoms with E-state index < -0.39 is 0 Å². The highest BCUT2D eigenvalue weighted by atomic mass is 32.1. The molecule has 23 heavy (non-hydrogen) atoms. The van der Waals surface area contributed by atoms with Crippen LogP contribution in [0.15, 0.2) is 35.0 Å². The van der Waals surface area contributed by atoms with E-state index in [-0.39, 0.29) is 11.8 Å². The molecule has 5 heteroatoms. The van der Waals surface area contributed by atoms with Crippen molar-refractivity contribution in [3.05, 3.63) is 46.2 Å². The number of nitrogens with zero attached hydrogens (tertiary/aromatic N) is 1. The van der Waals surface area contributed by atoms with Crippen LogP contribution in [0.3, 0.4) is 0 Å². The number of hydrogen-bond donors (Lipinski definition) is 0. The first-order valence-electron chi connectivity index (χ1n) is 7.88. The van der Waals surface area contributed by atoms with E-state index in [4.69, 9.17) is 9.47 Å². The minimum absolute atomic E-state index is 0.0983. The zero-order valence-electron chi connectivity index (χ0n) is 13.0. The van der Waals surface area contributed by atoms with Gasteiger partial charge in [0, 0.05) is 19.5 Å². The number of fused-ring (bicyclic) bond motifs is 1. The first-order valence-corrected chi connectivity index (χ1v) is 8.82. The molecule has 0 spiro atoms. The van der Waals surface area contributed by atoms with E-state index in [1.54, 1.807) is 11.3 Å². The molecule has 2 atom stereocenters. The van der Waals surface area contributed by atoms with Gasteiger partial charge in [0.05, 0.1) is 0 Å². The molecule has 0 bridgehead atoms. The number of benzene rings is 1. The number of thiophene rings is 1. The highest BCUT2D eigenvalue weighted by Gasteiger charge is 2.45. The maximum atomic E-state index is 12.6. The fraction of sp³-hybridized carbons (Fsp3) is 0.389. The predicted molar refractivity (Wildman–Crippen MR) is 89.1 cm³/mol. The summed E-state index contributed by atoms with van der Waals surface area (Å²) in [6.07, 6.45) is 0.923. The standard InChI is InChI=1S/C18H19NO3S/c1-19(10-12-4-7-23-11-12)18(20)15-9-14(15)13-2-3-16-17(8-13)22-6-5-21-16/h2-4,7-8,11,14-15H,5-6,9-10H2,1H3/t14-,15-/m1/s1. The van der Waals surface area contributed by atoms with Gasteiger partial charge in [-0.2, -0.15) is 11.3 Å². The second kappa shape index (κ2) is 5.89. The van der Waals surface area contributed by atoms with Crippen molar-refractivity contribution in [2.45, 2.75) is 18.9 Å². The van der Waals surface area contributed by atoms with Gasteiger partial charge in [-0.3, -0.25) is 4.79 Å². The van der Waals surface area contributed by atoms with Crippen molar-refractivity contribution in [2.24, 2.45) is 5.92 Å². The molecule has 1 fully saturated rings. The SMILES string of the molecule is CN(Cc1ccsc1)C(=O)[C@@H]1C[C@@H]1c1ccc2c(c1)OCCO2. The maximum Gasteiger partial charge on any atom is 0.226 e. The molecule has 0 saturated heterocycles. The van der Waals surface area contributed by atoms with Crippen LogP contribution in [-0.4, -0.2) is 31.1 Å². The first kappa shape index (κ1) is 14.6. The van der Waals surface area contributed by atoms with Crippen LogP contribution in [0.25, 0.3) is 0 Å². The lowest BCUT2D eigenvalue weighted by molar-refractivity contribution is -0.131. The molecule has 0 N–H and O–H groups in total. The Morgan fingerprint density at radius 2 is 2.09 bits per heavy atom. The summed E-state index contributed by atoms with van der Waals surface area (Å²) >= 11 is 1.66. The zero-order chi connectivity index (χ0) is 15.8. The Morgan fingerprint density at radius 3 is 2.87 bits per heavy atom. The fourth-order valence-corrected chi connectivity index (χ4v) is 3.80. The Kier molecular flexibility index (Phi) is 3.73. The lowest BCUT2D eigenvalue weighted by Gasteiger charge is -2.19. The van der Waals surface area contributed by atoms with Crippen LogP contribution in [0.5, 0.6) is 11.5 Å². The first-order chi connectivity index (χ1) is 11.2. The Balaban J connectivity index is 1.42. The third-order valence-electron chi connectivity index (χ3n) is 4.48. The third kappa shape index (κ3) is 2.93. The highest BCUT2D eigenvalue weighted by Crippen LogP contribution is 2.50. The fourth-order valence-electron chi connectivity index (χ4n) is 3.14. The van der Waals surface area contributed by atoms with Crippen LogP contribution in [0.4, 0.5) is 0 Å². The molecule has 0 unspecified atom stereocenters. The molecule has 1 aliphatic heterocycles. The molecule has 1 aromatic carbocycles. The van der Waals surface area contributed by atoms with Gasteiger partial charge in [0.25, 0.3) is 0 Å². The number of carbonyl (C=O) groups excluding carboxylic acids is 1. The molecule has 120 valence electrons. The summed E-state index contributed by atoms with van der Waals surface area (Å²) < 4.78 is 11.2. The summed E-state index contributed by atoms with van der Waals surface area (Å²) in [4.78, 5) is 14.4. The van der Waals surface area contributed by atoms with Crippen LogP contribution in [0.2, 0.25) is 0 Å². The van der Waals surface area contributed by atoms with Gasteiger partial charge in [-0.1, -0.05) is 6.07 Å². The van der Waals surface area contributed by atoms with E-state index in [1.807, 2.05) is 29.5 Å². The number of amides is 1. The zero-order valence-corrected chi connectivity index (χ0v) is 13.8. The van der Waals surface area contributed by atoms with Gasteiger partial charge < -0.3 is 14.4 Å². The quantitative estimate of drug-likeness (QED) is 0.864. The average Bonchev–Trinajstić information content (AvgIpc) is 3.22. The lowest BCUT2D eigenvalue weighted by Crippen LogP contribution is -2.27. The van der Waals surface area contributed by atoms with E-state index in [0.29, 0.717) is 25.7 Å². The van der Waals surface area contributed by atoms with Crippen molar-refractivity contribution in [1.29, 1.82) is 0 Å². The van der Waals surface area contributed by atoms with Crippen molar-refractivity contribution in [3.63, 3.8) is 0 Å². The van der Waals surface area contributed by atoms with Crippen molar-refractivity contribution >= 4 is 17.2 Å². The van der Waals surface area contributed by atoms with Crippen molar-refractivity contribution in [3.8, 4) is 11.5 Å². The summed E-state index contributed by atoms with van der Waals surface area (Å²) in [6, 6.07) is 8.12. The molecule has 2 aliphatic rings. The predicted octanol–water partition coefficient (Wildman–Crippen LogP) is 3.28. The monoisotopic (exact) mass is 329 g/mol. The Bertz CT molecular complexity index is 713. The second-order valence-corrected chi connectivity index (χ2v) is 6.96. The van der Waals surface area contributed by atoms with Crippen LogP contribution >= 0.6 is 11.3 Å². The molecule has 2 aromatic rings. The minimum atomic E-state index is 0.0983. The van der Waals surface area contributed by atoms with Gasteiger partial charge >= 0.3 is 0 Å². The maximum absolute atomic E-state index is 12.6. The largest absolute Gasteiger partial charge is 0.486 e. The number of rotatable bonds is 4.